The standard InChI is InChI=1S/C13H16N2O2S2/c1-9-7-11(18-10(9)2)8-15-19(16,17)13-6-4-3-5-12(13)14/h3-7,15H,8,14H2,1-2H3. The summed E-state index contributed by atoms with van der Waals surface area (Å²) in [5.41, 5.74) is 7.12. The summed E-state index contributed by atoms with van der Waals surface area (Å²) in [7, 11) is -3.56. The molecule has 1 aromatic heterocycles. The Bertz CT molecular complexity index is 671. The average molecular weight is 296 g/mol. The molecule has 19 heavy (non-hydrogen) atoms. The van der Waals surface area contributed by atoms with E-state index in [0.29, 0.717) is 0 Å². The molecule has 2 aromatic rings. The van der Waals surface area contributed by atoms with Crippen molar-refractivity contribution in [2.45, 2.75) is 25.3 Å². The molecule has 0 aliphatic carbocycles. The Morgan fingerprint density at radius 2 is 1.95 bits per heavy atom. The zero-order valence-corrected chi connectivity index (χ0v) is 12.4. The quantitative estimate of drug-likeness (QED) is 0.851. The first-order valence-corrected chi connectivity index (χ1v) is 8.10. The predicted molar refractivity (Wildman–Crippen MR) is 78.7 cm³/mol. The number of nitrogens with two attached hydrogens (primary N) is 1. The highest BCUT2D eigenvalue weighted by Crippen LogP contribution is 2.22. The summed E-state index contributed by atoms with van der Waals surface area (Å²) in [6, 6.07) is 8.44. The Labute approximate surface area is 117 Å². The van der Waals surface area contributed by atoms with Crippen LogP contribution in [0.4, 0.5) is 5.69 Å². The van der Waals surface area contributed by atoms with Crippen LogP contribution in [-0.4, -0.2) is 8.42 Å². The van der Waals surface area contributed by atoms with Gasteiger partial charge in [-0.2, -0.15) is 0 Å². The van der Waals surface area contributed by atoms with Crippen molar-refractivity contribution < 1.29 is 8.42 Å². The molecule has 1 heterocycles. The van der Waals surface area contributed by atoms with Gasteiger partial charge < -0.3 is 5.73 Å². The summed E-state index contributed by atoms with van der Waals surface area (Å²) in [6.07, 6.45) is 0. The zero-order valence-electron chi connectivity index (χ0n) is 10.8. The lowest BCUT2D eigenvalue weighted by Crippen LogP contribution is -2.23. The lowest BCUT2D eigenvalue weighted by molar-refractivity contribution is 0.582. The van der Waals surface area contributed by atoms with Gasteiger partial charge in [0, 0.05) is 16.3 Å². The highest BCUT2D eigenvalue weighted by molar-refractivity contribution is 7.89. The maximum Gasteiger partial charge on any atom is 0.242 e. The first kappa shape index (κ1) is 14.0. The van der Waals surface area contributed by atoms with Gasteiger partial charge in [0.2, 0.25) is 10.0 Å². The van der Waals surface area contributed by atoms with E-state index in [9.17, 15) is 8.42 Å². The normalized spacial score (nSPS) is 11.7. The molecule has 0 radical (unpaired) electrons. The molecular weight excluding hydrogens is 280 g/mol. The van der Waals surface area contributed by atoms with Crippen LogP contribution in [0.2, 0.25) is 0 Å². The van der Waals surface area contributed by atoms with Gasteiger partial charge in [0.25, 0.3) is 0 Å². The SMILES string of the molecule is Cc1cc(CNS(=O)(=O)c2ccccc2N)sc1C. The number of nitrogen functional groups attached to an aromatic ring is 1. The lowest BCUT2D eigenvalue weighted by Gasteiger charge is -2.07. The number of sulfonamides is 1. The maximum absolute atomic E-state index is 12.1. The monoisotopic (exact) mass is 296 g/mol. The fourth-order valence-corrected chi connectivity index (χ4v) is 3.93. The first-order chi connectivity index (χ1) is 8.90. The van der Waals surface area contributed by atoms with Crippen molar-refractivity contribution in [3.8, 4) is 0 Å². The van der Waals surface area contributed by atoms with Crippen molar-refractivity contribution in [1.29, 1.82) is 0 Å². The van der Waals surface area contributed by atoms with E-state index in [2.05, 4.69) is 4.72 Å². The van der Waals surface area contributed by atoms with Crippen molar-refractivity contribution >= 4 is 27.0 Å². The molecule has 3 N–H and O–H groups in total. The maximum atomic E-state index is 12.1. The summed E-state index contributed by atoms with van der Waals surface area (Å²) in [6.45, 7) is 4.32. The van der Waals surface area contributed by atoms with E-state index in [1.165, 1.54) is 16.5 Å². The molecule has 0 saturated carbocycles. The number of thiophene rings is 1. The first-order valence-electron chi connectivity index (χ1n) is 5.80. The molecule has 0 amide bonds. The third kappa shape index (κ3) is 3.15. The Morgan fingerprint density at radius 3 is 2.53 bits per heavy atom. The van der Waals surface area contributed by atoms with Gasteiger partial charge in [0.15, 0.2) is 0 Å². The number of hydrogen-bond acceptors (Lipinski definition) is 4. The Balaban J connectivity index is 2.17. The third-order valence-electron chi connectivity index (χ3n) is 2.86. The van der Waals surface area contributed by atoms with Crippen molar-refractivity contribution in [2.75, 3.05) is 5.73 Å². The molecule has 2 rings (SSSR count). The minimum atomic E-state index is -3.56. The van der Waals surface area contributed by atoms with E-state index >= 15 is 0 Å². The van der Waals surface area contributed by atoms with Gasteiger partial charge in [0.05, 0.1) is 5.69 Å². The number of para-hydroxylation sites is 1. The smallest absolute Gasteiger partial charge is 0.242 e. The summed E-state index contributed by atoms with van der Waals surface area (Å²) < 4.78 is 26.8. The molecule has 0 unspecified atom stereocenters. The van der Waals surface area contributed by atoms with Crippen LogP contribution in [0, 0.1) is 13.8 Å². The van der Waals surface area contributed by atoms with Crippen LogP contribution in [0.15, 0.2) is 35.2 Å². The fraction of sp³-hybridized carbons (Fsp3) is 0.231. The molecule has 102 valence electrons. The van der Waals surface area contributed by atoms with E-state index in [0.717, 1.165) is 4.88 Å². The summed E-state index contributed by atoms with van der Waals surface area (Å²) in [5.74, 6) is 0. The highest BCUT2D eigenvalue weighted by atomic mass is 32.2. The van der Waals surface area contributed by atoms with Crippen LogP contribution < -0.4 is 10.5 Å². The number of nitrogens with one attached hydrogen (secondary N) is 1. The number of anilines is 1. The summed E-state index contributed by atoms with van der Waals surface area (Å²) in [5, 5.41) is 0. The van der Waals surface area contributed by atoms with Crippen LogP contribution in [-0.2, 0) is 16.6 Å². The molecule has 0 aliphatic rings. The van der Waals surface area contributed by atoms with Gasteiger partial charge in [-0.15, -0.1) is 11.3 Å². The molecule has 4 nitrogen and oxygen atoms in total. The van der Waals surface area contributed by atoms with E-state index in [-0.39, 0.29) is 17.1 Å². The molecule has 1 aromatic carbocycles. The molecule has 0 saturated heterocycles. The molecule has 0 aliphatic heterocycles. The zero-order chi connectivity index (χ0) is 14.0. The van der Waals surface area contributed by atoms with Crippen LogP contribution >= 0.6 is 11.3 Å². The third-order valence-corrected chi connectivity index (χ3v) is 5.49. The van der Waals surface area contributed by atoms with Crippen LogP contribution in [0.3, 0.4) is 0 Å². The van der Waals surface area contributed by atoms with Gasteiger partial charge in [-0.25, -0.2) is 13.1 Å². The van der Waals surface area contributed by atoms with Gasteiger partial charge >= 0.3 is 0 Å². The minimum Gasteiger partial charge on any atom is -0.398 e. The van der Waals surface area contributed by atoms with Gasteiger partial charge in [-0.05, 0) is 37.6 Å². The summed E-state index contributed by atoms with van der Waals surface area (Å²) in [4.78, 5) is 2.32. The number of rotatable bonds is 4. The molecule has 0 bridgehead atoms. The van der Waals surface area contributed by atoms with Gasteiger partial charge in [-0.1, -0.05) is 12.1 Å². The van der Waals surface area contributed by atoms with Gasteiger partial charge in [0.1, 0.15) is 4.90 Å². The number of hydrogen-bond donors (Lipinski definition) is 2. The molecular formula is C13H16N2O2S2. The Kier molecular flexibility index (Phi) is 3.93. The van der Waals surface area contributed by atoms with Crippen LogP contribution in [0.5, 0.6) is 0 Å². The van der Waals surface area contributed by atoms with E-state index in [1.54, 1.807) is 29.5 Å². The van der Waals surface area contributed by atoms with Crippen molar-refractivity contribution in [2.24, 2.45) is 0 Å². The second-order valence-electron chi connectivity index (χ2n) is 4.31. The van der Waals surface area contributed by atoms with Gasteiger partial charge in [-0.3, -0.25) is 0 Å². The van der Waals surface area contributed by atoms with E-state index in [1.807, 2.05) is 19.9 Å². The predicted octanol–water partition coefficient (Wildman–Crippen LogP) is 2.43. The van der Waals surface area contributed by atoms with E-state index in [4.69, 9.17) is 5.73 Å². The van der Waals surface area contributed by atoms with Crippen LogP contribution in [0.25, 0.3) is 0 Å². The lowest BCUT2D eigenvalue weighted by atomic mass is 10.3. The second kappa shape index (κ2) is 5.32. The number of aryl methyl sites for hydroxylation is 2. The molecule has 0 spiro atoms. The largest absolute Gasteiger partial charge is 0.398 e. The van der Waals surface area contributed by atoms with Crippen molar-refractivity contribution in [1.82, 2.24) is 4.72 Å². The fourth-order valence-electron chi connectivity index (χ4n) is 1.71. The topological polar surface area (TPSA) is 72.2 Å². The molecule has 0 atom stereocenters. The van der Waals surface area contributed by atoms with Crippen molar-refractivity contribution in [3.63, 3.8) is 0 Å². The molecule has 6 heteroatoms. The average Bonchev–Trinajstić information content (AvgIpc) is 2.67. The Hall–Kier alpha value is -1.37. The second-order valence-corrected chi connectivity index (χ2v) is 7.39. The van der Waals surface area contributed by atoms with Crippen LogP contribution in [0.1, 0.15) is 15.3 Å². The highest BCUT2D eigenvalue weighted by Gasteiger charge is 2.16. The van der Waals surface area contributed by atoms with E-state index < -0.39 is 10.0 Å². The summed E-state index contributed by atoms with van der Waals surface area (Å²) >= 11 is 1.60. The minimum absolute atomic E-state index is 0.125. The molecule has 0 fully saturated rings. The Morgan fingerprint density at radius 1 is 1.26 bits per heavy atom. The number of benzene rings is 1. The van der Waals surface area contributed by atoms with Crippen molar-refractivity contribution in [3.05, 3.63) is 45.6 Å².